The minimum Gasteiger partial charge on any atom is -0.307 e. The molecule has 2 rings (SSSR count). The summed E-state index contributed by atoms with van der Waals surface area (Å²) in [6.07, 6.45) is 0. The van der Waals surface area contributed by atoms with E-state index < -0.39 is 0 Å². The number of aryl methyl sites for hydroxylation is 1. The SMILES string of the molecule is Cc1nonc1CNCc1ccccc1. The summed E-state index contributed by atoms with van der Waals surface area (Å²) in [5.74, 6) is 0. The van der Waals surface area contributed by atoms with Gasteiger partial charge in [0.25, 0.3) is 0 Å². The maximum Gasteiger partial charge on any atom is 0.121 e. The smallest absolute Gasteiger partial charge is 0.121 e. The number of rotatable bonds is 4. The van der Waals surface area contributed by atoms with Gasteiger partial charge in [-0.25, -0.2) is 4.63 Å². The van der Waals surface area contributed by atoms with Crippen molar-refractivity contribution in [2.24, 2.45) is 0 Å². The Morgan fingerprint density at radius 3 is 2.60 bits per heavy atom. The van der Waals surface area contributed by atoms with Gasteiger partial charge in [-0.15, -0.1) is 0 Å². The number of nitrogens with one attached hydrogen (secondary N) is 1. The molecule has 0 atom stereocenters. The normalized spacial score (nSPS) is 10.5. The number of nitrogens with zero attached hydrogens (tertiary/aromatic N) is 2. The Balaban J connectivity index is 1.83. The summed E-state index contributed by atoms with van der Waals surface area (Å²) < 4.78 is 4.61. The number of benzene rings is 1. The fraction of sp³-hybridized carbons (Fsp3) is 0.273. The number of hydrogen-bond donors (Lipinski definition) is 1. The Kier molecular flexibility index (Phi) is 3.09. The first-order valence-electron chi connectivity index (χ1n) is 4.89. The zero-order valence-electron chi connectivity index (χ0n) is 8.60. The topological polar surface area (TPSA) is 51.0 Å². The molecular weight excluding hydrogens is 190 g/mol. The molecule has 1 N–H and O–H groups in total. The molecule has 0 amide bonds. The van der Waals surface area contributed by atoms with E-state index in [1.165, 1.54) is 5.56 Å². The second-order valence-corrected chi connectivity index (χ2v) is 3.39. The molecule has 0 unspecified atom stereocenters. The summed E-state index contributed by atoms with van der Waals surface area (Å²) in [4.78, 5) is 0. The molecule has 0 bridgehead atoms. The standard InChI is InChI=1S/C11H13N3O/c1-9-11(14-15-13-9)8-12-7-10-5-3-2-4-6-10/h2-6,12H,7-8H2,1H3. The zero-order chi connectivity index (χ0) is 10.5. The molecule has 1 aromatic carbocycles. The first-order chi connectivity index (χ1) is 7.36. The van der Waals surface area contributed by atoms with Crippen LogP contribution in [0.15, 0.2) is 35.0 Å². The summed E-state index contributed by atoms with van der Waals surface area (Å²) in [5.41, 5.74) is 2.97. The van der Waals surface area contributed by atoms with Gasteiger partial charge in [0.15, 0.2) is 0 Å². The molecule has 0 spiro atoms. The molecular formula is C11H13N3O. The molecule has 0 aliphatic heterocycles. The highest BCUT2D eigenvalue weighted by Gasteiger charge is 2.03. The molecule has 0 fully saturated rings. The van der Waals surface area contributed by atoms with Crippen LogP contribution < -0.4 is 5.32 Å². The lowest BCUT2D eigenvalue weighted by Gasteiger charge is -2.01. The van der Waals surface area contributed by atoms with Crippen LogP contribution in [0.3, 0.4) is 0 Å². The van der Waals surface area contributed by atoms with Crippen molar-refractivity contribution in [1.29, 1.82) is 0 Å². The van der Waals surface area contributed by atoms with Crippen molar-refractivity contribution in [3.05, 3.63) is 47.3 Å². The third-order valence-corrected chi connectivity index (χ3v) is 2.21. The van der Waals surface area contributed by atoms with Gasteiger partial charge in [-0.05, 0) is 12.5 Å². The predicted molar refractivity (Wildman–Crippen MR) is 56.0 cm³/mol. The summed E-state index contributed by atoms with van der Waals surface area (Å²) in [7, 11) is 0. The van der Waals surface area contributed by atoms with Crippen molar-refractivity contribution in [3.63, 3.8) is 0 Å². The minimum absolute atomic E-state index is 0.685. The third-order valence-electron chi connectivity index (χ3n) is 2.21. The van der Waals surface area contributed by atoms with Gasteiger partial charge in [0, 0.05) is 13.1 Å². The number of hydrogen-bond acceptors (Lipinski definition) is 4. The summed E-state index contributed by atoms with van der Waals surface area (Å²) in [6.45, 7) is 3.40. The van der Waals surface area contributed by atoms with E-state index in [-0.39, 0.29) is 0 Å². The van der Waals surface area contributed by atoms with Crippen LogP contribution in [0.25, 0.3) is 0 Å². The van der Waals surface area contributed by atoms with Crippen LogP contribution in [0.5, 0.6) is 0 Å². The van der Waals surface area contributed by atoms with E-state index in [1.807, 2.05) is 25.1 Å². The fourth-order valence-corrected chi connectivity index (χ4v) is 1.33. The predicted octanol–water partition coefficient (Wildman–Crippen LogP) is 1.67. The second-order valence-electron chi connectivity index (χ2n) is 3.39. The van der Waals surface area contributed by atoms with E-state index in [0.717, 1.165) is 17.9 Å². The lowest BCUT2D eigenvalue weighted by Crippen LogP contribution is -2.13. The Morgan fingerprint density at radius 1 is 1.13 bits per heavy atom. The summed E-state index contributed by atoms with van der Waals surface area (Å²) >= 11 is 0. The molecule has 0 aliphatic carbocycles. The van der Waals surface area contributed by atoms with Gasteiger partial charge < -0.3 is 5.32 Å². The third kappa shape index (κ3) is 2.63. The monoisotopic (exact) mass is 203 g/mol. The van der Waals surface area contributed by atoms with E-state index in [1.54, 1.807) is 0 Å². The average Bonchev–Trinajstić information content (AvgIpc) is 2.66. The maximum atomic E-state index is 4.61. The van der Waals surface area contributed by atoms with Gasteiger partial charge in [0.2, 0.25) is 0 Å². The largest absolute Gasteiger partial charge is 0.307 e. The van der Waals surface area contributed by atoms with Crippen LogP contribution >= 0.6 is 0 Å². The Labute approximate surface area is 88.3 Å². The molecule has 1 heterocycles. The van der Waals surface area contributed by atoms with Crippen LogP contribution in [-0.4, -0.2) is 10.3 Å². The Morgan fingerprint density at radius 2 is 1.93 bits per heavy atom. The van der Waals surface area contributed by atoms with Crippen LogP contribution in [-0.2, 0) is 13.1 Å². The van der Waals surface area contributed by atoms with Crippen molar-refractivity contribution < 1.29 is 4.63 Å². The highest BCUT2D eigenvalue weighted by atomic mass is 16.6. The summed E-state index contributed by atoms with van der Waals surface area (Å²) in [6, 6.07) is 10.2. The second kappa shape index (κ2) is 4.70. The van der Waals surface area contributed by atoms with E-state index >= 15 is 0 Å². The van der Waals surface area contributed by atoms with Crippen molar-refractivity contribution in [3.8, 4) is 0 Å². The van der Waals surface area contributed by atoms with Gasteiger partial charge >= 0.3 is 0 Å². The van der Waals surface area contributed by atoms with Crippen molar-refractivity contribution in [2.75, 3.05) is 0 Å². The van der Waals surface area contributed by atoms with E-state index in [2.05, 4.69) is 32.4 Å². The van der Waals surface area contributed by atoms with Gasteiger partial charge in [-0.2, -0.15) is 0 Å². The van der Waals surface area contributed by atoms with Crippen LogP contribution in [0, 0.1) is 6.92 Å². The van der Waals surface area contributed by atoms with Crippen LogP contribution in [0.4, 0.5) is 0 Å². The molecule has 2 aromatic rings. The van der Waals surface area contributed by atoms with E-state index in [9.17, 15) is 0 Å². The summed E-state index contributed by atoms with van der Waals surface area (Å²) in [5, 5.41) is 10.8. The number of aromatic nitrogens is 2. The molecule has 0 radical (unpaired) electrons. The lowest BCUT2D eigenvalue weighted by atomic mass is 10.2. The molecule has 0 saturated heterocycles. The molecule has 4 heteroatoms. The van der Waals surface area contributed by atoms with Crippen LogP contribution in [0.2, 0.25) is 0 Å². The highest BCUT2D eigenvalue weighted by molar-refractivity contribution is 5.14. The average molecular weight is 203 g/mol. The first-order valence-corrected chi connectivity index (χ1v) is 4.89. The van der Waals surface area contributed by atoms with E-state index in [0.29, 0.717) is 6.54 Å². The lowest BCUT2D eigenvalue weighted by molar-refractivity contribution is 0.300. The van der Waals surface area contributed by atoms with Gasteiger partial charge in [0.1, 0.15) is 11.4 Å². The van der Waals surface area contributed by atoms with Crippen molar-refractivity contribution in [2.45, 2.75) is 20.0 Å². The molecule has 0 saturated carbocycles. The molecule has 78 valence electrons. The van der Waals surface area contributed by atoms with Crippen molar-refractivity contribution in [1.82, 2.24) is 15.6 Å². The van der Waals surface area contributed by atoms with E-state index in [4.69, 9.17) is 0 Å². The molecule has 4 nitrogen and oxygen atoms in total. The Hall–Kier alpha value is -1.68. The molecule has 1 aromatic heterocycles. The van der Waals surface area contributed by atoms with Gasteiger partial charge in [-0.3, -0.25) is 0 Å². The van der Waals surface area contributed by atoms with Gasteiger partial charge in [-0.1, -0.05) is 40.6 Å². The van der Waals surface area contributed by atoms with Crippen molar-refractivity contribution >= 4 is 0 Å². The highest BCUT2D eigenvalue weighted by Crippen LogP contribution is 2.01. The molecule has 15 heavy (non-hydrogen) atoms. The first kappa shape index (κ1) is 9.86. The minimum atomic E-state index is 0.685. The maximum absolute atomic E-state index is 4.61. The quantitative estimate of drug-likeness (QED) is 0.821. The van der Waals surface area contributed by atoms with Gasteiger partial charge in [0.05, 0.1) is 0 Å². The fourth-order valence-electron chi connectivity index (χ4n) is 1.33. The molecule has 0 aliphatic rings. The Bertz CT molecular complexity index is 411. The zero-order valence-corrected chi connectivity index (χ0v) is 8.60. The van der Waals surface area contributed by atoms with Crippen LogP contribution in [0.1, 0.15) is 17.0 Å².